The summed E-state index contributed by atoms with van der Waals surface area (Å²) in [6, 6.07) is 6.87. The molecule has 1 saturated heterocycles. The summed E-state index contributed by atoms with van der Waals surface area (Å²) in [6.07, 6.45) is 5.49. The van der Waals surface area contributed by atoms with Gasteiger partial charge in [-0.2, -0.15) is 0 Å². The molecule has 1 atom stereocenters. The highest BCUT2D eigenvalue weighted by Gasteiger charge is 2.33. The predicted octanol–water partition coefficient (Wildman–Crippen LogP) is 3.78. The maximum Gasteiger partial charge on any atom is 0.0456 e. The molecule has 0 spiro atoms. The van der Waals surface area contributed by atoms with Crippen molar-refractivity contribution in [3.05, 3.63) is 34.3 Å². The second-order valence-electron chi connectivity index (χ2n) is 6.25. The van der Waals surface area contributed by atoms with Crippen LogP contribution in [0, 0.1) is 12.8 Å². The van der Waals surface area contributed by atoms with E-state index in [1.165, 1.54) is 36.8 Å². The van der Waals surface area contributed by atoms with Gasteiger partial charge in [0.15, 0.2) is 0 Å². The van der Waals surface area contributed by atoms with Crippen molar-refractivity contribution < 1.29 is 0 Å². The standard InChI is InChI=1S/C17H25ClN2/c1-13-5-4-8-15(18)16(13)17(14-6-2-3-7-14)20-11-9-19-10-12-20/h4-5,8,14,17,19H,2-3,6-7,9-12H2,1H3/t17-/m1/s1. The van der Waals surface area contributed by atoms with Crippen molar-refractivity contribution in [1.82, 2.24) is 10.2 Å². The van der Waals surface area contributed by atoms with E-state index in [4.69, 9.17) is 11.6 Å². The molecule has 1 aromatic rings. The fourth-order valence-corrected chi connectivity index (χ4v) is 4.30. The van der Waals surface area contributed by atoms with Crippen molar-refractivity contribution in [2.24, 2.45) is 5.92 Å². The Kier molecular flexibility index (Phi) is 4.65. The Morgan fingerprint density at radius 2 is 1.90 bits per heavy atom. The third-order valence-corrected chi connectivity index (χ3v) is 5.29. The topological polar surface area (TPSA) is 15.3 Å². The van der Waals surface area contributed by atoms with Crippen LogP contribution in [-0.4, -0.2) is 31.1 Å². The summed E-state index contributed by atoms with van der Waals surface area (Å²) < 4.78 is 0. The van der Waals surface area contributed by atoms with Gasteiger partial charge in [0.05, 0.1) is 0 Å². The van der Waals surface area contributed by atoms with Crippen LogP contribution in [-0.2, 0) is 0 Å². The Bertz CT molecular complexity index is 428. The number of hydrogen-bond donors (Lipinski definition) is 1. The second kappa shape index (κ2) is 6.46. The van der Waals surface area contributed by atoms with Gasteiger partial charge in [0.2, 0.25) is 0 Å². The number of halogens is 1. The van der Waals surface area contributed by atoms with E-state index in [2.05, 4.69) is 35.3 Å². The fraction of sp³-hybridized carbons (Fsp3) is 0.647. The largest absolute Gasteiger partial charge is 0.314 e. The van der Waals surface area contributed by atoms with E-state index in [1.807, 2.05) is 0 Å². The highest BCUT2D eigenvalue weighted by molar-refractivity contribution is 6.31. The van der Waals surface area contributed by atoms with Gasteiger partial charge >= 0.3 is 0 Å². The zero-order valence-corrected chi connectivity index (χ0v) is 13.1. The molecular formula is C17H25ClN2. The van der Waals surface area contributed by atoms with Crippen LogP contribution in [0.15, 0.2) is 18.2 Å². The Morgan fingerprint density at radius 1 is 1.20 bits per heavy atom. The lowest BCUT2D eigenvalue weighted by atomic mass is 9.87. The molecule has 0 unspecified atom stereocenters. The van der Waals surface area contributed by atoms with E-state index in [1.54, 1.807) is 0 Å². The van der Waals surface area contributed by atoms with E-state index in [0.717, 1.165) is 37.1 Å². The maximum atomic E-state index is 6.58. The molecular weight excluding hydrogens is 268 g/mol. The molecule has 1 saturated carbocycles. The molecule has 1 aliphatic heterocycles. The molecule has 0 bridgehead atoms. The lowest BCUT2D eigenvalue weighted by Gasteiger charge is -2.39. The molecule has 0 amide bonds. The van der Waals surface area contributed by atoms with Gasteiger partial charge in [-0.25, -0.2) is 0 Å². The molecule has 1 aromatic carbocycles. The van der Waals surface area contributed by atoms with Crippen molar-refractivity contribution >= 4 is 11.6 Å². The van der Waals surface area contributed by atoms with Gasteiger partial charge in [-0.3, -0.25) is 4.90 Å². The normalized spacial score (nSPS) is 23.1. The molecule has 20 heavy (non-hydrogen) atoms. The van der Waals surface area contributed by atoms with Crippen LogP contribution in [0.25, 0.3) is 0 Å². The average molecular weight is 293 g/mol. The number of nitrogens with zero attached hydrogens (tertiary/aromatic N) is 1. The molecule has 2 nitrogen and oxygen atoms in total. The van der Waals surface area contributed by atoms with Gasteiger partial charge in [-0.15, -0.1) is 0 Å². The minimum Gasteiger partial charge on any atom is -0.314 e. The molecule has 3 heteroatoms. The summed E-state index contributed by atoms with van der Waals surface area (Å²) in [7, 11) is 0. The van der Waals surface area contributed by atoms with E-state index >= 15 is 0 Å². The summed E-state index contributed by atoms with van der Waals surface area (Å²) in [5.41, 5.74) is 2.75. The van der Waals surface area contributed by atoms with Crippen molar-refractivity contribution in [2.75, 3.05) is 26.2 Å². The number of aryl methyl sites for hydroxylation is 1. The molecule has 2 aliphatic rings. The van der Waals surface area contributed by atoms with Crippen LogP contribution in [0.5, 0.6) is 0 Å². The molecule has 1 heterocycles. The van der Waals surface area contributed by atoms with Gasteiger partial charge in [0.25, 0.3) is 0 Å². The fourth-order valence-electron chi connectivity index (χ4n) is 3.97. The van der Waals surface area contributed by atoms with Crippen molar-refractivity contribution in [2.45, 2.75) is 38.6 Å². The third-order valence-electron chi connectivity index (χ3n) is 4.96. The van der Waals surface area contributed by atoms with Crippen molar-refractivity contribution in [3.8, 4) is 0 Å². The van der Waals surface area contributed by atoms with E-state index in [0.29, 0.717) is 6.04 Å². The Hall–Kier alpha value is -0.570. The molecule has 3 rings (SSSR count). The minimum atomic E-state index is 0.522. The summed E-state index contributed by atoms with van der Waals surface area (Å²) >= 11 is 6.58. The molecule has 2 fully saturated rings. The lowest BCUT2D eigenvalue weighted by molar-refractivity contribution is 0.125. The van der Waals surface area contributed by atoms with Crippen LogP contribution in [0.2, 0.25) is 5.02 Å². The summed E-state index contributed by atoms with van der Waals surface area (Å²) in [5, 5.41) is 4.42. The molecule has 110 valence electrons. The minimum absolute atomic E-state index is 0.522. The molecule has 0 aromatic heterocycles. The van der Waals surface area contributed by atoms with Gasteiger partial charge in [-0.05, 0) is 42.9 Å². The lowest BCUT2D eigenvalue weighted by Crippen LogP contribution is -2.47. The van der Waals surface area contributed by atoms with Crippen LogP contribution >= 0.6 is 11.6 Å². The van der Waals surface area contributed by atoms with Crippen molar-refractivity contribution in [3.63, 3.8) is 0 Å². The van der Waals surface area contributed by atoms with E-state index in [-0.39, 0.29) is 0 Å². The number of piperazine rings is 1. The quantitative estimate of drug-likeness (QED) is 0.912. The number of hydrogen-bond acceptors (Lipinski definition) is 2. The predicted molar refractivity (Wildman–Crippen MR) is 85.3 cm³/mol. The summed E-state index contributed by atoms with van der Waals surface area (Å²) in [5.74, 6) is 0.784. The first-order valence-electron chi connectivity index (χ1n) is 7.97. The Morgan fingerprint density at radius 3 is 2.55 bits per heavy atom. The van der Waals surface area contributed by atoms with E-state index < -0.39 is 0 Å². The van der Waals surface area contributed by atoms with Gasteiger partial charge in [-0.1, -0.05) is 36.6 Å². The van der Waals surface area contributed by atoms with Crippen LogP contribution < -0.4 is 5.32 Å². The first-order chi connectivity index (χ1) is 9.77. The Balaban J connectivity index is 1.95. The first-order valence-corrected chi connectivity index (χ1v) is 8.35. The monoisotopic (exact) mass is 292 g/mol. The van der Waals surface area contributed by atoms with Crippen molar-refractivity contribution in [1.29, 1.82) is 0 Å². The highest BCUT2D eigenvalue weighted by atomic mass is 35.5. The maximum absolute atomic E-state index is 6.58. The van der Waals surface area contributed by atoms with Gasteiger partial charge in [0, 0.05) is 37.2 Å². The summed E-state index contributed by atoms with van der Waals surface area (Å²) in [4.78, 5) is 2.67. The number of benzene rings is 1. The molecule has 0 radical (unpaired) electrons. The zero-order valence-electron chi connectivity index (χ0n) is 12.4. The smallest absolute Gasteiger partial charge is 0.0456 e. The van der Waals surface area contributed by atoms with Crippen LogP contribution in [0.4, 0.5) is 0 Å². The zero-order chi connectivity index (χ0) is 13.9. The second-order valence-corrected chi connectivity index (χ2v) is 6.65. The number of rotatable bonds is 3. The first kappa shape index (κ1) is 14.4. The van der Waals surface area contributed by atoms with Gasteiger partial charge in [0.1, 0.15) is 0 Å². The van der Waals surface area contributed by atoms with E-state index in [9.17, 15) is 0 Å². The highest BCUT2D eigenvalue weighted by Crippen LogP contribution is 2.43. The van der Waals surface area contributed by atoms with Crippen LogP contribution in [0.3, 0.4) is 0 Å². The molecule has 1 N–H and O–H groups in total. The Labute approximate surface area is 127 Å². The SMILES string of the molecule is Cc1cccc(Cl)c1[C@@H](C1CCCC1)N1CCNCC1. The number of nitrogens with one attached hydrogen (secondary N) is 1. The molecule has 1 aliphatic carbocycles. The third kappa shape index (κ3) is 2.88. The van der Waals surface area contributed by atoms with Crippen LogP contribution in [0.1, 0.15) is 42.9 Å². The average Bonchev–Trinajstić information content (AvgIpc) is 2.98. The summed E-state index contributed by atoms with van der Waals surface area (Å²) in [6.45, 7) is 6.71. The van der Waals surface area contributed by atoms with Gasteiger partial charge < -0.3 is 5.32 Å².